The van der Waals surface area contributed by atoms with Crippen LogP contribution in [0.1, 0.15) is 12.7 Å². The van der Waals surface area contributed by atoms with Gasteiger partial charge in [0.05, 0.1) is 5.69 Å². The van der Waals surface area contributed by atoms with Gasteiger partial charge in [0.15, 0.2) is 0 Å². The number of hydrogen-bond acceptors (Lipinski definition) is 4. The zero-order valence-corrected chi connectivity index (χ0v) is 13.0. The molecule has 0 aliphatic carbocycles. The highest BCUT2D eigenvalue weighted by molar-refractivity contribution is 7.89. The predicted octanol–water partition coefficient (Wildman–Crippen LogP) is 1.37. The third-order valence-corrected chi connectivity index (χ3v) is 4.62. The summed E-state index contributed by atoms with van der Waals surface area (Å²) in [5.41, 5.74) is 0.615. The summed E-state index contributed by atoms with van der Waals surface area (Å²) >= 11 is 0. The molecule has 0 spiro atoms. The first-order valence-electron chi connectivity index (χ1n) is 6.83. The Bertz CT molecular complexity index is 695. The molecule has 2 N–H and O–H groups in total. The number of rotatable bonds is 7. The minimum Gasteiger partial charge on any atom is -0.384 e. The quantitative estimate of drug-likeness (QED) is 0.810. The fourth-order valence-corrected chi connectivity index (χ4v) is 3.26. The summed E-state index contributed by atoms with van der Waals surface area (Å²) in [5, 5.41) is 3.06. The van der Waals surface area contributed by atoms with E-state index < -0.39 is 10.0 Å². The third-order valence-electron chi connectivity index (χ3n) is 3.11. The molecule has 7 heteroatoms. The Morgan fingerprint density at radius 1 is 1.29 bits per heavy atom. The van der Waals surface area contributed by atoms with Gasteiger partial charge in [-0.25, -0.2) is 18.1 Å². The van der Waals surface area contributed by atoms with E-state index in [9.17, 15) is 8.42 Å². The van der Waals surface area contributed by atoms with Crippen molar-refractivity contribution in [1.82, 2.24) is 14.3 Å². The van der Waals surface area contributed by atoms with E-state index in [1.54, 1.807) is 24.4 Å². The second-order valence-electron chi connectivity index (χ2n) is 4.63. The molecule has 0 atom stereocenters. The average molecular weight is 308 g/mol. The van der Waals surface area contributed by atoms with Gasteiger partial charge in [-0.15, -0.1) is 0 Å². The Hall–Kier alpha value is -1.86. The molecule has 21 heavy (non-hydrogen) atoms. The molecule has 0 fully saturated rings. The molecule has 1 aromatic heterocycles. The fourth-order valence-electron chi connectivity index (χ4n) is 2.05. The highest BCUT2D eigenvalue weighted by atomic mass is 32.2. The summed E-state index contributed by atoms with van der Waals surface area (Å²) in [7, 11) is -1.64. The van der Waals surface area contributed by atoms with Crippen molar-refractivity contribution in [2.45, 2.75) is 18.2 Å². The maximum atomic E-state index is 12.4. The largest absolute Gasteiger partial charge is 0.384 e. The molecule has 1 heterocycles. The van der Waals surface area contributed by atoms with Gasteiger partial charge in [-0.3, -0.25) is 0 Å². The Morgan fingerprint density at radius 3 is 2.71 bits per heavy atom. The number of aromatic nitrogens is 2. The molecule has 0 aliphatic rings. The lowest BCUT2D eigenvalue weighted by Crippen LogP contribution is -2.27. The van der Waals surface area contributed by atoms with Gasteiger partial charge >= 0.3 is 0 Å². The van der Waals surface area contributed by atoms with Crippen LogP contribution in [-0.2, 0) is 23.5 Å². The first kappa shape index (κ1) is 15.5. The number of sulfonamides is 1. The van der Waals surface area contributed by atoms with Crippen molar-refractivity contribution in [3.63, 3.8) is 0 Å². The summed E-state index contributed by atoms with van der Waals surface area (Å²) in [6.07, 6.45) is 4.08. The van der Waals surface area contributed by atoms with Gasteiger partial charge in [0.1, 0.15) is 10.7 Å². The standard InChI is InChI=1S/C14H20N4O2S/c1-3-15-12-6-4-5-7-13(12)21(19,20)17-9-8-14-16-10-11-18(14)2/h4-7,10-11,15,17H,3,8-9H2,1-2H3. The van der Waals surface area contributed by atoms with Gasteiger partial charge in [-0.2, -0.15) is 0 Å². The van der Waals surface area contributed by atoms with Gasteiger partial charge < -0.3 is 9.88 Å². The molecule has 0 saturated heterocycles. The minimum absolute atomic E-state index is 0.270. The molecular formula is C14H20N4O2S. The van der Waals surface area contributed by atoms with Crippen LogP contribution < -0.4 is 10.0 Å². The maximum absolute atomic E-state index is 12.4. The molecule has 0 bridgehead atoms. The Kier molecular flexibility index (Phi) is 4.98. The summed E-state index contributed by atoms with van der Waals surface area (Å²) in [6, 6.07) is 6.89. The van der Waals surface area contributed by atoms with Crippen LogP contribution in [0.4, 0.5) is 5.69 Å². The zero-order valence-electron chi connectivity index (χ0n) is 12.2. The van der Waals surface area contributed by atoms with Crippen LogP contribution >= 0.6 is 0 Å². The van der Waals surface area contributed by atoms with Gasteiger partial charge in [0.2, 0.25) is 10.0 Å². The van der Waals surface area contributed by atoms with E-state index in [0.29, 0.717) is 25.2 Å². The normalized spacial score (nSPS) is 11.5. The lowest BCUT2D eigenvalue weighted by Gasteiger charge is -2.12. The highest BCUT2D eigenvalue weighted by Gasteiger charge is 2.17. The molecule has 0 saturated carbocycles. The topological polar surface area (TPSA) is 76.0 Å². The molecule has 2 aromatic rings. The first-order chi connectivity index (χ1) is 10.0. The summed E-state index contributed by atoms with van der Waals surface area (Å²) in [4.78, 5) is 4.44. The average Bonchev–Trinajstić information content (AvgIpc) is 2.85. The summed E-state index contributed by atoms with van der Waals surface area (Å²) < 4.78 is 29.2. The van der Waals surface area contributed by atoms with Crippen LogP contribution in [0.3, 0.4) is 0 Å². The molecule has 2 rings (SSSR count). The lowest BCUT2D eigenvalue weighted by molar-refractivity contribution is 0.580. The van der Waals surface area contributed by atoms with Crippen molar-refractivity contribution in [2.75, 3.05) is 18.4 Å². The number of nitrogens with one attached hydrogen (secondary N) is 2. The van der Waals surface area contributed by atoms with Crippen LogP contribution in [0.25, 0.3) is 0 Å². The summed E-state index contributed by atoms with van der Waals surface area (Å²) in [5.74, 6) is 0.845. The predicted molar refractivity (Wildman–Crippen MR) is 82.7 cm³/mol. The van der Waals surface area contributed by atoms with Crippen molar-refractivity contribution in [3.05, 3.63) is 42.5 Å². The molecule has 6 nitrogen and oxygen atoms in total. The van der Waals surface area contributed by atoms with Crippen molar-refractivity contribution < 1.29 is 8.42 Å². The van der Waals surface area contributed by atoms with Gasteiger partial charge in [-0.05, 0) is 19.1 Å². The SMILES string of the molecule is CCNc1ccccc1S(=O)(=O)NCCc1nccn1C. The van der Waals surface area contributed by atoms with Crippen LogP contribution in [-0.4, -0.2) is 31.1 Å². The van der Waals surface area contributed by atoms with E-state index in [2.05, 4.69) is 15.0 Å². The maximum Gasteiger partial charge on any atom is 0.242 e. The molecule has 0 aliphatic heterocycles. The fraction of sp³-hybridized carbons (Fsp3) is 0.357. The van der Waals surface area contributed by atoms with E-state index in [1.807, 2.05) is 30.8 Å². The van der Waals surface area contributed by atoms with Crippen LogP contribution in [0, 0.1) is 0 Å². The van der Waals surface area contributed by atoms with Crippen molar-refractivity contribution in [3.8, 4) is 0 Å². The number of nitrogens with zero attached hydrogens (tertiary/aromatic N) is 2. The van der Waals surface area contributed by atoms with Gasteiger partial charge in [0.25, 0.3) is 0 Å². The van der Waals surface area contributed by atoms with E-state index in [-0.39, 0.29) is 4.90 Å². The number of imidazole rings is 1. The summed E-state index contributed by atoms with van der Waals surface area (Å²) in [6.45, 7) is 2.91. The second-order valence-corrected chi connectivity index (χ2v) is 6.36. The van der Waals surface area contributed by atoms with E-state index in [4.69, 9.17) is 0 Å². The van der Waals surface area contributed by atoms with Crippen molar-refractivity contribution in [1.29, 1.82) is 0 Å². The smallest absolute Gasteiger partial charge is 0.242 e. The van der Waals surface area contributed by atoms with E-state index in [0.717, 1.165) is 5.82 Å². The molecule has 114 valence electrons. The number of para-hydroxylation sites is 1. The monoisotopic (exact) mass is 308 g/mol. The minimum atomic E-state index is -3.53. The Labute approximate surface area is 125 Å². The van der Waals surface area contributed by atoms with Crippen LogP contribution in [0.15, 0.2) is 41.6 Å². The highest BCUT2D eigenvalue weighted by Crippen LogP contribution is 2.20. The molecule has 0 radical (unpaired) electrons. The number of anilines is 1. The second kappa shape index (κ2) is 6.73. The van der Waals surface area contributed by atoms with E-state index >= 15 is 0 Å². The lowest BCUT2D eigenvalue weighted by atomic mass is 10.3. The first-order valence-corrected chi connectivity index (χ1v) is 8.31. The number of aryl methyl sites for hydroxylation is 1. The van der Waals surface area contributed by atoms with E-state index in [1.165, 1.54) is 0 Å². The van der Waals surface area contributed by atoms with Gasteiger partial charge in [-0.1, -0.05) is 12.1 Å². The Morgan fingerprint density at radius 2 is 2.05 bits per heavy atom. The van der Waals surface area contributed by atoms with Crippen molar-refractivity contribution >= 4 is 15.7 Å². The van der Waals surface area contributed by atoms with Crippen molar-refractivity contribution in [2.24, 2.45) is 7.05 Å². The van der Waals surface area contributed by atoms with Crippen LogP contribution in [0.5, 0.6) is 0 Å². The van der Waals surface area contributed by atoms with Crippen LogP contribution in [0.2, 0.25) is 0 Å². The van der Waals surface area contributed by atoms with Gasteiger partial charge in [0, 0.05) is 39.0 Å². The Balaban J connectivity index is 2.07. The molecule has 1 aromatic carbocycles. The third kappa shape index (κ3) is 3.83. The molecular weight excluding hydrogens is 288 g/mol. The zero-order chi connectivity index (χ0) is 15.3. The molecule has 0 unspecified atom stereocenters. The number of hydrogen-bond donors (Lipinski definition) is 2. The number of benzene rings is 1. The molecule has 0 amide bonds.